The predicted octanol–water partition coefficient (Wildman–Crippen LogP) is 5.15. The number of nitrogens with zero attached hydrogens (tertiary/aromatic N) is 2. The van der Waals surface area contributed by atoms with E-state index in [2.05, 4.69) is 17.2 Å². The average molecular weight is 444 g/mol. The van der Waals surface area contributed by atoms with Gasteiger partial charge in [0, 0.05) is 11.8 Å². The molecule has 3 aromatic rings. The third-order valence-corrected chi connectivity index (χ3v) is 5.72. The molecule has 0 aromatic carbocycles. The largest absolute Gasteiger partial charge is 0.467 e. The molecule has 2 amide bonds. The lowest BCUT2D eigenvalue weighted by molar-refractivity contribution is -0.132. The number of unbranched alkanes of at least 4 members (excludes halogenated alkanes) is 4. The Labute approximate surface area is 186 Å². The zero-order valence-electron chi connectivity index (χ0n) is 17.8. The fourth-order valence-electron chi connectivity index (χ4n) is 3.18. The van der Waals surface area contributed by atoms with Crippen molar-refractivity contribution in [1.29, 1.82) is 0 Å². The van der Waals surface area contributed by atoms with Crippen molar-refractivity contribution in [2.45, 2.75) is 65.1 Å². The lowest BCUT2D eigenvalue weighted by Crippen LogP contribution is -2.30. The van der Waals surface area contributed by atoms with Crippen LogP contribution in [0.2, 0.25) is 0 Å². The molecule has 3 heterocycles. The third-order valence-electron chi connectivity index (χ3n) is 4.89. The Hall–Kier alpha value is -2.87. The van der Waals surface area contributed by atoms with Gasteiger partial charge in [-0.3, -0.25) is 9.59 Å². The number of nitrogens with one attached hydrogen (secondary N) is 1. The van der Waals surface area contributed by atoms with Crippen molar-refractivity contribution in [3.05, 3.63) is 64.4 Å². The van der Waals surface area contributed by atoms with Gasteiger partial charge in [-0.05, 0) is 30.7 Å². The van der Waals surface area contributed by atoms with Crippen LogP contribution in [0.3, 0.4) is 0 Å². The first kappa shape index (κ1) is 22.8. The van der Waals surface area contributed by atoms with E-state index in [9.17, 15) is 9.59 Å². The van der Waals surface area contributed by atoms with Crippen LogP contribution in [0.25, 0.3) is 0 Å². The van der Waals surface area contributed by atoms with Crippen LogP contribution in [-0.2, 0) is 24.4 Å². The zero-order chi connectivity index (χ0) is 21.9. The summed E-state index contributed by atoms with van der Waals surface area (Å²) < 4.78 is 10.7. The molecule has 0 aliphatic rings. The van der Waals surface area contributed by atoms with Gasteiger partial charge < -0.3 is 19.1 Å². The Kier molecular flexibility index (Phi) is 8.90. The summed E-state index contributed by atoms with van der Waals surface area (Å²) in [7, 11) is 0. The van der Waals surface area contributed by atoms with E-state index in [4.69, 9.17) is 8.83 Å². The van der Waals surface area contributed by atoms with Gasteiger partial charge in [0.15, 0.2) is 0 Å². The summed E-state index contributed by atoms with van der Waals surface area (Å²) in [6, 6.07) is 7.24. The minimum atomic E-state index is -0.265. The van der Waals surface area contributed by atoms with Crippen LogP contribution >= 0.6 is 11.3 Å². The summed E-state index contributed by atoms with van der Waals surface area (Å²) in [6.07, 6.45) is 9.16. The summed E-state index contributed by atoms with van der Waals surface area (Å²) in [5.41, 5.74) is 0.344. The lowest BCUT2D eigenvalue weighted by atomic mass is 10.1. The predicted molar refractivity (Wildman–Crippen MR) is 118 cm³/mol. The number of carbonyl (C=O) groups is 2. The highest BCUT2D eigenvalue weighted by molar-refractivity contribution is 7.09. The van der Waals surface area contributed by atoms with Crippen molar-refractivity contribution in [3.63, 3.8) is 0 Å². The van der Waals surface area contributed by atoms with Crippen LogP contribution in [0.5, 0.6) is 0 Å². The normalized spacial score (nSPS) is 10.9. The van der Waals surface area contributed by atoms with Crippen LogP contribution in [0.4, 0.5) is 0 Å². The Balaban J connectivity index is 1.56. The molecule has 3 aromatic heterocycles. The lowest BCUT2D eigenvalue weighted by Gasteiger charge is -2.20. The topological polar surface area (TPSA) is 88.6 Å². The molecular weight excluding hydrogens is 414 g/mol. The molecule has 0 fully saturated rings. The molecule has 0 saturated carbocycles. The van der Waals surface area contributed by atoms with Crippen molar-refractivity contribution in [2.75, 3.05) is 0 Å². The molecule has 0 radical (unpaired) electrons. The number of hydrogen-bond acceptors (Lipinski definition) is 6. The van der Waals surface area contributed by atoms with Gasteiger partial charge >= 0.3 is 0 Å². The van der Waals surface area contributed by atoms with Gasteiger partial charge in [-0.25, -0.2) is 4.98 Å². The molecule has 3 rings (SSSR count). The molecule has 0 atom stereocenters. The van der Waals surface area contributed by atoms with Crippen LogP contribution in [0.15, 0.2) is 51.0 Å². The highest BCUT2D eigenvalue weighted by Gasteiger charge is 2.19. The Morgan fingerprint density at radius 3 is 2.48 bits per heavy atom. The smallest absolute Gasteiger partial charge is 0.271 e. The summed E-state index contributed by atoms with van der Waals surface area (Å²) in [5.74, 6) is 1.22. The van der Waals surface area contributed by atoms with E-state index in [-0.39, 0.29) is 11.8 Å². The van der Waals surface area contributed by atoms with E-state index in [1.807, 2.05) is 12.1 Å². The van der Waals surface area contributed by atoms with Gasteiger partial charge in [0.05, 0.1) is 32.2 Å². The molecule has 7 nitrogen and oxygen atoms in total. The Morgan fingerprint density at radius 1 is 1.03 bits per heavy atom. The second-order valence-corrected chi connectivity index (χ2v) is 8.32. The first-order valence-electron chi connectivity index (χ1n) is 10.7. The molecule has 166 valence electrons. The molecule has 0 unspecified atom stereocenters. The van der Waals surface area contributed by atoms with Crippen LogP contribution < -0.4 is 5.32 Å². The molecule has 0 bridgehead atoms. The maximum Gasteiger partial charge on any atom is 0.271 e. The second kappa shape index (κ2) is 12.1. The second-order valence-electron chi connectivity index (χ2n) is 7.38. The summed E-state index contributed by atoms with van der Waals surface area (Å²) in [6.45, 7) is 3.22. The minimum absolute atomic E-state index is 0.0759. The molecular formula is C23H29N3O4S. The van der Waals surface area contributed by atoms with E-state index in [0.717, 1.165) is 25.0 Å². The minimum Gasteiger partial charge on any atom is -0.467 e. The van der Waals surface area contributed by atoms with Crippen molar-refractivity contribution in [3.8, 4) is 0 Å². The maximum absolute atomic E-state index is 12.9. The number of rotatable bonds is 13. The first-order chi connectivity index (χ1) is 15.2. The van der Waals surface area contributed by atoms with Gasteiger partial charge in [0.2, 0.25) is 5.91 Å². The van der Waals surface area contributed by atoms with Gasteiger partial charge in [0.1, 0.15) is 22.2 Å². The SMILES string of the molecule is CCCCCCCC(=O)N(Cc1ccco1)Cc1nc(C(=O)NCc2ccco2)cs1. The van der Waals surface area contributed by atoms with Crippen molar-refractivity contribution in [1.82, 2.24) is 15.2 Å². The first-order valence-corrected chi connectivity index (χ1v) is 11.6. The van der Waals surface area contributed by atoms with E-state index in [0.29, 0.717) is 42.5 Å². The zero-order valence-corrected chi connectivity index (χ0v) is 18.7. The number of amides is 2. The third kappa shape index (κ3) is 7.40. The molecule has 0 aliphatic heterocycles. The summed E-state index contributed by atoms with van der Waals surface area (Å²) in [4.78, 5) is 31.4. The van der Waals surface area contributed by atoms with Gasteiger partial charge in [-0.15, -0.1) is 11.3 Å². The van der Waals surface area contributed by atoms with Gasteiger partial charge in [-0.1, -0.05) is 32.6 Å². The van der Waals surface area contributed by atoms with Crippen molar-refractivity contribution < 1.29 is 18.4 Å². The van der Waals surface area contributed by atoms with E-state index in [1.54, 1.807) is 34.9 Å². The van der Waals surface area contributed by atoms with E-state index < -0.39 is 0 Å². The van der Waals surface area contributed by atoms with Gasteiger partial charge in [-0.2, -0.15) is 0 Å². The maximum atomic E-state index is 12.9. The summed E-state index contributed by atoms with van der Waals surface area (Å²) >= 11 is 1.37. The highest BCUT2D eigenvalue weighted by atomic mass is 32.1. The van der Waals surface area contributed by atoms with Crippen LogP contribution in [0, 0.1) is 0 Å². The van der Waals surface area contributed by atoms with E-state index in [1.165, 1.54) is 24.2 Å². The molecule has 0 saturated heterocycles. The number of furan rings is 2. The molecule has 0 aliphatic carbocycles. The fourth-order valence-corrected chi connectivity index (χ4v) is 3.97. The highest BCUT2D eigenvalue weighted by Crippen LogP contribution is 2.17. The number of thiazole rings is 1. The van der Waals surface area contributed by atoms with Crippen molar-refractivity contribution in [2.24, 2.45) is 0 Å². The molecule has 31 heavy (non-hydrogen) atoms. The molecule has 1 N–H and O–H groups in total. The number of hydrogen-bond donors (Lipinski definition) is 1. The Bertz CT molecular complexity index is 919. The van der Waals surface area contributed by atoms with Crippen molar-refractivity contribution >= 4 is 23.2 Å². The van der Waals surface area contributed by atoms with E-state index >= 15 is 0 Å². The van der Waals surface area contributed by atoms with Crippen LogP contribution in [-0.4, -0.2) is 21.7 Å². The monoisotopic (exact) mass is 443 g/mol. The average Bonchev–Trinajstić information content (AvgIpc) is 3.54. The van der Waals surface area contributed by atoms with Gasteiger partial charge in [0.25, 0.3) is 5.91 Å². The fraction of sp³-hybridized carbons (Fsp3) is 0.435. The quantitative estimate of drug-likeness (QED) is 0.369. The standard InChI is InChI=1S/C23H29N3O4S/c1-2-3-4-5-6-11-22(27)26(15-19-10-8-13-30-19)16-21-25-20(17-31-21)23(28)24-14-18-9-7-12-29-18/h7-10,12-13,17H,2-6,11,14-16H2,1H3,(H,24,28). The molecule has 8 heteroatoms. The summed E-state index contributed by atoms with van der Waals surface area (Å²) in [5, 5.41) is 5.22. The molecule has 0 spiro atoms. The number of carbonyl (C=O) groups excluding carboxylic acids is 2. The number of aromatic nitrogens is 1. The van der Waals surface area contributed by atoms with Crippen LogP contribution in [0.1, 0.15) is 72.5 Å². The Morgan fingerprint density at radius 2 is 1.77 bits per heavy atom.